The van der Waals surface area contributed by atoms with Crippen molar-refractivity contribution in [1.82, 2.24) is 14.9 Å². The molecule has 1 aromatic heterocycles. The molecular weight excluding hydrogens is 208 g/mol. The summed E-state index contributed by atoms with van der Waals surface area (Å²) in [5.74, 6) is 0.337. The van der Waals surface area contributed by atoms with Crippen LogP contribution in [0.2, 0.25) is 0 Å². The highest BCUT2D eigenvalue weighted by molar-refractivity contribution is 6.07. The summed E-state index contributed by atoms with van der Waals surface area (Å²) in [6, 6.07) is -0.303. The molecule has 1 aromatic rings. The van der Waals surface area contributed by atoms with Crippen LogP contribution in [0, 0.1) is 0 Å². The highest BCUT2D eigenvalue weighted by atomic mass is 16.2. The number of H-pyrrole nitrogens is 1. The number of aromatic nitrogens is 2. The molecule has 2 fully saturated rings. The molecule has 1 saturated carbocycles. The van der Waals surface area contributed by atoms with Crippen LogP contribution in [-0.2, 0) is 9.59 Å². The Balaban J connectivity index is 1.73. The number of aromatic amines is 1. The molecule has 2 amide bonds. The monoisotopic (exact) mass is 220 g/mol. The highest BCUT2D eigenvalue weighted by Gasteiger charge is 2.46. The molecule has 6 nitrogen and oxygen atoms in total. The van der Waals surface area contributed by atoms with Gasteiger partial charge in [-0.3, -0.25) is 14.5 Å². The lowest BCUT2D eigenvalue weighted by Crippen LogP contribution is -2.36. The van der Waals surface area contributed by atoms with Crippen molar-refractivity contribution in [3.8, 4) is 0 Å². The number of likely N-dealkylation sites (tertiary alicyclic amines) is 1. The summed E-state index contributed by atoms with van der Waals surface area (Å²) in [7, 11) is 0. The van der Waals surface area contributed by atoms with Crippen molar-refractivity contribution in [2.75, 3.05) is 5.32 Å². The molecule has 1 aliphatic carbocycles. The van der Waals surface area contributed by atoms with Gasteiger partial charge in [-0.1, -0.05) is 0 Å². The van der Waals surface area contributed by atoms with E-state index in [-0.39, 0.29) is 24.3 Å². The number of hydrogen-bond donors (Lipinski definition) is 2. The minimum atomic E-state index is -0.459. The molecule has 1 unspecified atom stereocenters. The minimum absolute atomic E-state index is 0.0726. The molecule has 2 heterocycles. The van der Waals surface area contributed by atoms with Crippen LogP contribution < -0.4 is 5.32 Å². The topological polar surface area (TPSA) is 78.1 Å². The molecule has 16 heavy (non-hydrogen) atoms. The minimum Gasteiger partial charge on any atom is -0.343 e. The smallest absolute Gasteiger partial charge is 0.252 e. The van der Waals surface area contributed by atoms with Crippen LogP contribution in [0.15, 0.2) is 12.4 Å². The van der Waals surface area contributed by atoms with E-state index in [1.165, 1.54) is 4.90 Å². The summed E-state index contributed by atoms with van der Waals surface area (Å²) in [6.45, 7) is 0. The Hall–Kier alpha value is -1.85. The lowest BCUT2D eigenvalue weighted by atomic mass is 10.2. The van der Waals surface area contributed by atoms with Gasteiger partial charge in [0.15, 0.2) is 0 Å². The van der Waals surface area contributed by atoms with E-state index < -0.39 is 6.04 Å². The van der Waals surface area contributed by atoms with Gasteiger partial charge in [0.1, 0.15) is 6.04 Å². The number of anilines is 1. The van der Waals surface area contributed by atoms with Crippen molar-refractivity contribution in [3.05, 3.63) is 12.4 Å². The molecule has 84 valence electrons. The van der Waals surface area contributed by atoms with Crippen LogP contribution in [-0.4, -0.2) is 38.8 Å². The fourth-order valence-electron chi connectivity index (χ4n) is 1.99. The molecule has 0 spiro atoms. The number of hydrogen-bond acceptors (Lipinski definition) is 4. The predicted molar refractivity (Wildman–Crippen MR) is 55.5 cm³/mol. The zero-order valence-corrected chi connectivity index (χ0v) is 8.64. The molecule has 1 aliphatic heterocycles. The van der Waals surface area contributed by atoms with Crippen molar-refractivity contribution in [3.63, 3.8) is 0 Å². The van der Waals surface area contributed by atoms with Gasteiger partial charge in [0.05, 0.1) is 6.42 Å². The Morgan fingerprint density at radius 1 is 1.44 bits per heavy atom. The van der Waals surface area contributed by atoms with E-state index in [2.05, 4.69) is 15.3 Å². The number of carbonyl (C=O) groups is 2. The van der Waals surface area contributed by atoms with Crippen molar-refractivity contribution < 1.29 is 9.59 Å². The molecule has 1 atom stereocenters. The fourth-order valence-corrected chi connectivity index (χ4v) is 1.99. The molecule has 0 radical (unpaired) electrons. The van der Waals surface area contributed by atoms with E-state index in [9.17, 15) is 9.59 Å². The number of carbonyl (C=O) groups excluding carboxylic acids is 2. The van der Waals surface area contributed by atoms with E-state index in [1.54, 1.807) is 12.4 Å². The van der Waals surface area contributed by atoms with Crippen LogP contribution in [0.1, 0.15) is 19.3 Å². The zero-order valence-electron chi connectivity index (χ0n) is 8.64. The maximum Gasteiger partial charge on any atom is 0.252 e. The van der Waals surface area contributed by atoms with Crippen molar-refractivity contribution in [2.24, 2.45) is 0 Å². The van der Waals surface area contributed by atoms with Gasteiger partial charge in [-0.05, 0) is 12.8 Å². The lowest BCUT2D eigenvalue weighted by molar-refractivity contribution is -0.139. The van der Waals surface area contributed by atoms with E-state index >= 15 is 0 Å². The van der Waals surface area contributed by atoms with Crippen molar-refractivity contribution in [1.29, 1.82) is 0 Å². The van der Waals surface area contributed by atoms with Crippen LogP contribution in [0.25, 0.3) is 0 Å². The largest absolute Gasteiger partial charge is 0.343 e. The number of rotatable bonds is 3. The summed E-state index contributed by atoms with van der Waals surface area (Å²) < 4.78 is 0. The van der Waals surface area contributed by atoms with Crippen LogP contribution in [0.5, 0.6) is 0 Å². The molecule has 2 aliphatic rings. The molecule has 1 saturated heterocycles. The van der Waals surface area contributed by atoms with Gasteiger partial charge >= 0.3 is 0 Å². The standard InChI is InChI=1S/C10H12N4O2/c15-8-5-7(13-10-11-3-4-12-10)9(16)14(8)6-1-2-6/h3-4,6-7H,1-2,5H2,(H2,11,12,13). The Bertz CT molecular complexity index is 424. The van der Waals surface area contributed by atoms with E-state index in [4.69, 9.17) is 0 Å². The van der Waals surface area contributed by atoms with Gasteiger partial charge < -0.3 is 10.3 Å². The molecule has 0 aromatic carbocycles. The van der Waals surface area contributed by atoms with E-state index in [0.29, 0.717) is 5.95 Å². The van der Waals surface area contributed by atoms with Crippen LogP contribution in [0.3, 0.4) is 0 Å². The van der Waals surface area contributed by atoms with Gasteiger partial charge in [0.2, 0.25) is 11.9 Å². The Morgan fingerprint density at radius 2 is 2.25 bits per heavy atom. The zero-order chi connectivity index (χ0) is 11.1. The van der Waals surface area contributed by atoms with Crippen molar-refractivity contribution >= 4 is 17.8 Å². The van der Waals surface area contributed by atoms with E-state index in [0.717, 1.165) is 12.8 Å². The van der Waals surface area contributed by atoms with Crippen LogP contribution >= 0.6 is 0 Å². The summed E-state index contributed by atoms with van der Waals surface area (Å²) in [5.41, 5.74) is 0. The number of nitrogens with zero attached hydrogens (tertiary/aromatic N) is 2. The maximum absolute atomic E-state index is 11.9. The number of amides is 2. The van der Waals surface area contributed by atoms with Gasteiger partial charge in [-0.25, -0.2) is 4.98 Å². The summed E-state index contributed by atoms with van der Waals surface area (Å²) in [5, 5.41) is 2.93. The first-order chi connectivity index (χ1) is 7.75. The Morgan fingerprint density at radius 3 is 2.88 bits per heavy atom. The first-order valence-electron chi connectivity index (χ1n) is 5.37. The highest BCUT2D eigenvalue weighted by Crippen LogP contribution is 2.31. The maximum atomic E-state index is 11.9. The Kier molecular flexibility index (Phi) is 1.95. The lowest BCUT2D eigenvalue weighted by Gasteiger charge is -2.13. The summed E-state index contributed by atoms with van der Waals surface area (Å²) in [4.78, 5) is 31.8. The summed E-state index contributed by atoms with van der Waals surface area (Å²) >= 11 is 0. The van der Waals surface area contributed by atoms with Gasteiger partial charge in [-0.2, -0.15) is 0 Å². The second-order valence-electron chi connectivity index (χ2n) is 4.17. The van der Waals surface area contributed by atoms with Crippen LogP contribution in [0.4, 0.5) is 5.95 Å². The normalized spacial score (nSPS) is 25.2. The molecule has 3 rings (SSSR count). The third-order valence-electron chi connectivity index (χ3n) is 2.90. The van der Waals surface area contributed by atoms with Crippen molar-refractivity contribution in [2.45, 2.75) is 31.3 Å². The molecule has 0 bridgehead atoms. The third-order valence-corrected chi connectivity index (χ3v) is 2.90. The average Bonchev–Trinajstić information content (AvgIpc) is 2.86. The van der Waals surface area contributed by atoms with Gasteiger partial charge in [0, 0.05) is 18.4 Å². The Labute approximate surface area is 92.0 Å². The number of imide groups is 1. The summed E-state index contributed by atoms with van der Waals surface area (Å²) in [6.07, 6.45) is 5.40. The number of nitrogens with one attached hydrogen (secondary N) is 2. The second kappa shape index (κ2) is 3.33. The fraction of sp³-hybridized carbons (Fsp3) is 0.500. The first-order valence-corrected chi connectivity index (χ1v) is 5.37. The van der Waals surface area contributed by atoms with E-state index in [1.807, 2.05) is 0 Å². The number of imidazole rings is 1. The molecule has 2 N–H and O–H groups in total. The quantitative estimate of drug-likeness (QED) is 0.709. The molecular formula is C10H12N4O2. The first kappa shape index (κ1) is 9.38. The van der Waals surface area contributed by atoms with Gasteiger partial charge in [-0.15, -0.1) is 0 Å². The molecule has 6 heteroatoms. The SMILES string of the molecule is O=C1CC(Nc2ncc[nH]2)C(=O)N1C1CC1. The predicted octanol–water partition coefficient (Wildman–Crippen LogP) is 0.111. The average molecular weight is 220 g/mol. The third kappa shape index (κ3) is 1.46. The van der Waals surface area contributed by atoms with Gasteiger partial charge in [0.25, 0.3) is 5.91 Å². The second-order valence-corrected chi connectivity index (χ2v) is 4.17.